The molecule has 2 rings (SSSR count). The van der Waals surface area contributed by atoms with Gasteiger partial charge >= 0.3 is 0 Å². The summed E-state index contributed by atoms with van der Waals surface area (Å²) in [7, 11) is -3.35. The van der Waals surface area contributed by atoms with Crippen molar-refractivity contribution in [3.8, 4) is 0 Å². The summed E-state index contributed by atoms with van der Waals surface area (Å²) < 4.78 is 26.8. The molecule has 0 atom stereocenters. The second kappa shape index (κ2) is 5.74. The van der Waals surface area contributed by atoms with Crippen LogP contribution in [0.2, 0.25) is 0 Å². The van der Waals surface area contributed by atoms with Crippen LogP contribution >= 0.6 is 0 Å². The van der Waals surface area contributed by atoms with E-state index in [0.717, 1.165) is 31.4 Å². The van der Waals surface area contributed by atoms with E-state index >= 15 is 0 Å². The molecule has 0 amide bonds. The summed E-state index contributed by atoms with van der Waals surface area (Å²) in [6, 6.07) is 7.13. The van der Waals surface area contributed by atoms with Crippen LogP contribution in [-0.4, -0.2) is 20.0 Å². The van der Waals surface area contributed by atoms with Gasteiger partial charge in [-0.1, -0.05) is 13.3 Å². The molecule has 5 heteroatoms. The van der Waals surface area contributed by atoms with E-state index in [-0.39, 0.29) is 11.6 Å². The topological polar surface area (TPSA) is 58.2 Å². The number of anilines is 1. The summed E-state index contributed by atoms with van der Waals surface area (Å²) in [6.45, 7) is 6.45. The molecule has 20 heavy (non-hydrogen) atoms. The Morgan fingerprint density at radius 2 is 1.80 bits per heavy atom. The van der Waals surface area contributed by atoms with Gasteiger partial charge in [0, 0.05) is 17.3 Å². The highest BCUT2D eigenvalue weighted by atomic mass is 32.2. The van der Waals surface area contributed by atoms with Crippen LogP contribution in [0, 0.1) is 0 Å². The molecule has 0 heterocycles. The number of nitrogens with one attached hydrogen (secondary N) is 2. The van der Waals surface area contributed by atoms with E-state index in [2.05, 4.69) is 30.8 Å². The largest absolute Gasteiger partial charge is 0.380 e. The quantitative estimate of drug-likeness (QED) is 0.813. The fourth-order valence-electron chi connectivity index (χ4n) is 2.28. The summed E-state index contributed by atoms with van der Waals surface area (Å²) in [5, 5.41) is 3.44. The minimum atomic E-state index is -3.35. The zero-order valence-corrected chi connectivity index (χ0v) is 13.3. The van der Waals surface area contributed by atoms with Crippen LogP contribution in [0.3, 0.4) is 0 Å². The molecule has 0 radical (unpaired) electrons. The van der Waals surface area contributed by atoms with Gasteiger partial charge in [0.15, 0.2) is 0 Å². The van der Waals surface area contributed by atoms with Gasteiger partial charge in [0.1, 0.15) is 0 Å². The van der Waals surface area contributed by atoms with E-state index in [4.69, 9.17) is 0 Å². The van der Waals surface area contributed by atoms with Crippen LogP contribution in [-0.2, 0) is 10.0 Å². The molecule has 2 N–H and O–H groups in total. The molecule has 4 nitrogen and oxygen atoms in total. The normalized spacial score (nSPS) is 16.1. The van der Waals surface area contributed by atoms with Crippen molar-refractivity contribution in [2.45, 2.75) is 62.9 Å². The van der Waals surface area contributed by atoms with E-state index in [1.54, 1.807) is 12.1 Å². The molecule has 1 saturated carbocycles. The molecule has 1 aromatic carbocycles. The molecule has 0 spiro atoms. The van der Waals surface area contributed by atoms with Crippen molar-refractivity contribution in [3.05, 3.63) is 24.3 Å². The molecule has 0 saturated heterocycles. The van der Waals surface area contributed by atoms with Crippen molar-refractivity contribution < 1.29 is 8.42 Å². The predicted octanol–water partition coefficient (Wildman–Crippen LogP) is 3.12. The van der Waals surface area contributed by atoms with E-state index < -0.39 is 10.0 Å². The Hall–Kier alpha value is -1.07. The first-order valence-electron chi connectivity index (χ1n) is 7.23. The van der Waals surface area contributed by atoms with Gasteiger partial charge < -0.3 is 5.32 Å². The highest BCUT2D eigenvalue weighted by Crippen LogP contribution is 2.24. The first-order chi connectivity index (χ1) is 9.32. The first-order valence-corrected chi connectivity index (χ1v) is 8.71. The Labute approximate surface area is 122 Å². The van der Waals surface area contributed by atoms with Gasteiger partial charge in [0.05, 0.1) is 4.90 Å². The molecule has 1 aliphatic carbocycles. The molecule has 1 fully saturated rings. The second-order valence-corrected chi connectivity index (χ2v) is 7.89. The zero-order chi connectivity index (χ0) is 14.8. The molecule has 0 bridgehead atoms. The van der Waals surface area contributed by atoms with Crippen molar-refractivity contribution in [1.82, 2.24) is 4.72 Å². The van der Waals surface area contributed by atoms with Crippen LogP contribution in [0.1, 0.15) is 46.5 Å². The highest BCUT2D eigenvalue weighted by Gasteiger charge is 2.27. The lowest BCUT2D eigenvalue weighted by Crippen LogP contribution is -2.30. The number of rotatable bonds is 7. The van der Waals surface area contributed by atoms with Gasteiger partial charge in [0.25, 0.3) is 0 Å². The number of hydrogen-bond donors (Lipinski definition) is 2. The fourth-order valence-corrected chi connectivity index (χ4v) is 3.59. The molecule has 0 aliphatic heterocycles. The van der Waals surface area contributed by atoms with E-state index in [1.807, 2.05) is 12.1 Å². The molecule has 1 aliphatic rings. The summed E-state index contributed by atoms with van der Waals surface area (Å²) in [5.41, 5.74) is 0.968. The van der Waals surface area contributed by atoms with E-state index in [0.29, 0.717) is 4.90 Å². The predicted molar refractivity (Wildman–Crippen MR) is 82.4 cm³/mol. The first kappa shape index (κ1) is 15.3. The van der Waals surface area contributed by atoms with Crippen molar-refractivity contribution in [3.63, 3.8) is 0 Å². The van der Waals surface area contributed by atoms with Gasteiger partial charge in [-0.3, -0.25) is 0 Å². The lowest BCUT2D eigenvalue weighted by molar-refractivity contribution is 0.511. The van der Waals surface area contributed by atoms with Gasteiger partial charge in [-0.2, -0.15) is 0 Å². The van der Waals surface area contributed by atoms with Crippen molar-refractivity contribution in [2.75, 3.05) is 5.32 Å². The lowest BCUT2D eigenvalue weighted by atomic mass is 9.98. The number of benzene rings is 1. The van der Waals surface area contributed by atoms with Gasteiger partial charge in [0.2, 0.25) is 10.0 Å². The molecule has 0 aromatic heterocycles. The third-order valence-electron chi connectivity index (χ3n) is 3.42. The minimum Gasteiger partial charge on any atom is -0.380 e. The summed E-state index contributed by atoms with van der Waals surface area (Å²) in [4.78, 5) is 0.336. The van der Waals surface area contributed by atoms with E-state index in [1.165, 1.54) is 0 Å². The summed E-state index contributed by atoms with van der Waals surface area (Å²) >= 11 is 0. The Morgan fingerprint density at radius 3 is 2.30 bits per heavy atom. The molecule has 112 valence electrons. The second-order valence-electron chi connectivity index (χ2n) is 6.18. The Kier molecular flexibility index (Phi) is 4.39. The monoisotopic (exact) mass is 296 g/mol. The van der Waals surface area contributed by atoms with Crippen molar-refractivity contribution in [1.29, 1.82) is 0 Å². The molecule has 1 aromatic rings. The fraction of sp³-hybridized carbons (Fsp3) is 0.600. The Bertz CT molecular complexity index is 546. The van der Waals surface area contributed by atoms with Gasteiger partial charge in [-0.05, 0) is 57.4 Å². The molecule has 0 unspecified atom stereocenters. The third-order valence-corrected chi connectivity index (χ3v) is 4.96. The molecular weight excluding hydrogens is 272 g/mol. The maximum absolute atomic E-state index is 12.1. The average molecular weight is 296 g/mol. The van der Waals surface area contributed by atoms with Gasteiger partial charge in [-0.15, -0.1) is 0 Å². The van der Waals surface area contributed by atoms with Gasteiger partial charge in [-0.25, -0.2) is 13.1 Å². The van der Waals surface area contributed by atoms with Crippen LogP contribution < -0.4 is 10.0 Å². The standard InChI is InChI=1S/C15H24N2O2S/c1-4-11-15(2,3)16-12-7-9-14(10-8-12)20(18,19)17-13-5-6-13/h7-10,13,16-17H,4-6,11H2,1-3H3. The highest BCUT2D eigenvalue weighted by molar-refractivity contribution is 7.89. The Balaban J connectivity index is 2.06. The van der Waals surface area contributed by atoms with Crippen molar-refractivity contribution >= 4 is 15.7 Å². The van der Waals surface area contributed by atoms with Crippen molar-refractivity contribution in [2.24, 2.45) is 0 Å². The third kappa shape index (κ3) is 4.21. The molecular formula is C15H24N2O2S. The maximum Gasteiger partial charge on any atom is 0.240 e. The summed E-state index contributed by atoms with van der Waals surface area (Å²) in [6.07, 6.45) is 4.07. The van der Waals surface area contributed by atoms with Crippen LogP contribution in [0.4, 0.5) is 5.69 Å². The number of sulfonamides is 1. The minimum absolute atomic E-state index is 0.0153. The Morgan fingerprint density at radius 1 is 1.20 bits per heavy atom. The summed E-state index contributed by atoms with van der Waals surface area (Å²) in [5.74, 6) is 0. The van der Waals surface area contributed by atoms with Crippen LogP contribution in [0.5, 0.6) is 0 Å². The zero-order valence-electron chi connectivity index (χ0n) is 12.4. The lowest BCUT2D eigenvalue weighted by Gasteiger charge is -2.27. The average Bonchev–Trinajstić information content (AvgIpc) is 3.12. The smallest absolute Gasteiger partial charge is 0.240 e. The maximum atomic E-state index is 12.1. The number of hydrogen-bond acceptors (Lipinski definition) is 3. The van der Waals surface area contributed by atoms with E-state index in [9.17, 15) is 8.42 Å². The van der Waals surface area contributed by atoms with Crippen LogP contribution in [0.15, 0.2) is 29.2 Å². The SMILES string of the molecule is CCCC(C)(C)Nc1ccc(S(=O)(=O)NC2CC2)cc1. The van der Waals surface area contributed by atoms with Crippen LogP contribution in [0.25, 0.3) is 0 Å².